The molecule has 0 saturated heterocycles. The van der Waals surface area contributed by atoms with E-state index in [4.69, 9.17) is 20.4 Å². The summed E-state index contributed by atoms with van der Waals surface area (Å²) in [5.74, 6) is -2.32. The molecule has 0 aliphatic carbocycles. The van der Waals surface area contributed by atoms with Crippen LogP contribution in [0, 0.1) is 5.41 Å². The quantitative estimate of drug-likeness (QED) is 0.387. The first kappa shape index (κ1) is 26.0. The summed E-state index contributed by atoms with van der Waals surface area (Å²) in [5.41, 5.74) is 0.832. The van der Waals surface area contributed by atoms with E-state index < -0.39 is 17.4 Å². The number of carbonyl (C=O) groups is 2. The number of aliphatic hydroxyl groups excluding tert-OH is 3. The van der Waals surface area contributed by atoms with E-state index in [-0.39, 0.29) is 30.9 Å². The van der Waals surface area contributed by atoms with E-state index in [1.165, 1.54) is 6.07 Å². The molecular formula is C21H34O7. The van der Waals surface area contributed by atoms with Gasteiger partial charge in [0.2, 0.25) is 0 Å². The Hall–Kier alpha value is -1.96. The third-order valence-electron chi connectivity index (χ3n) is 4.58. The van der Waals surface area contributed by atoms with Gasteiger partial charge >= 0.3 is 11.9 Å². The first-order valence-electron chi connectivity index (χ1n) is 9.65. The van der Waals surface area contributed by atoms with Gasteiger partial charge in [-0.05, 0) is 42.9 Å². The maximum atomic E-state index is 11.5. The van der Waals surface area contributed by atoms with E-state index in [1.807, 2.05) is 6.92 Å². The molecule has 0 aliphatic rings. The number of carboxylic acids is 2. The third-order valence-corrected chi connectivity index (χ3v) is 4.58. The molecule has 0 aliphatic heterocycles. The molecule has 0 bridgehead atoms. The Morgan fingerprint density at radius 3 is 1.71 bits per heavy atom. The van der Waals surface area contributed by atoms with Gasteiger partial charge in [0.05, 0.1) is 30.9 Å². The first-order chi connectivity index (χ1) is 13.2. The Morgan fingerprint density at radius 1 is 0.857 bits per heavy atom. The van der Waals surface area contributed by atoms with E-state index >= 15 is 0 Å². The Kier molecular flexibility index (Phi) is 12.3. The summed E-state index contributed by atoms with van der Waals surface area (Å²) < 4.78 is 0. The molecule has 1 rings (SSSR count). The van der Waals surface area contributed by atoms with Gasteiger partial charge in [0, 0.05) is 5.41 Å². The maximum Gasteiger partial charge on any atom is 0.336 e. The third kappa shape index (κ3) is 7.96. The predicted octanol–water partition coefficient (Wildman–Crippen LogP) is 2.74. The molecule has 0 atom stereocenters. The lowest BCUT2D eigenvalue weighted by atomic mass is 9.90. The molecule has 1 aromatic carbocycles. The van der Waals surface area contributed by atoms with Crippen LogP contribution >= 0.6 is 0 Å². The Balaban J connectivity index is 0.000000769. The lowest BCUT2D eigenvalue weighted by Gasteiger charge is -2.20. The van der Waals surface area contributed by atoms with Crippen molar-refractivity contribution >= 4 is 11.9 Å². The fourth-order valence-electron chi connectivity index (χ4n) is 2.50. The number of carboxylic acid groups (broad SMARTS) is 2. The average Bonchev–Trinajstić information content (AvgIpc) is 2.69. The summed E-state index contributed by atoms with van der Waals surface area (Å²) in [6.45, 7) is 5.18. The SMILES string of the molecule is CC(CO)(CO)CO.CCCCc1ccc(C(=O)O)c(C(=O)O)c1CCCC. The Labute approximate surface area is 166 Å². The highest BCUT2D eigenvalue weighted by atomic mass is 16.4. The number of hydrogen-bond acceptors (Lipinski definition) is 5. The molecule has 0 unspecified atom stereocenters. The van der Waals surface area contributed by atoms with Crippen molar-refractivity contribution in [3.8, 4) is 0 Å². The van der Waals surface area contributed by atoms with Crippen molar-refractivity contribution in [2.45, 2.75) is 59.3 Å². The topological polar surface area (TPSA) is 135 Å². The molecule has 1 aromatic rings. The van der Waals surface area contributed by atoms with Crippen LogP contribution in [0.3, 0.4) is 0 Å². The van der Waals surface area contributed by atoms with Crippen LogP contribution in [-0.4, -0.2) is 57.3 Å². The number of rotatable bonds is 11. The monoisotopic (exact) mass is 398 g/mol. The van der Waals surface area contributed by atoms with Crippen LogP contribution in [0.4, 0.5) is 0 Å². The molecule has 0 fully saturated rings. The van der Waals surface area contributed by atoms with E-state index in [0.29, 0.717) is 12.0 Å². The van der Waals surface area contributed by atoms with E-state index in [2.05, 4.69) is 6.92 Å². The first-order valence-corrected chi connectivity index (χ1v) is 9.65. The minimum Gasteiger partial charge on any atom is -0.478 e. The highest BCUT2D eigenvalue weighted by Gasteiger charge is 2.22. The smallest absolute Gasteiger partial charge is 0.336 e. The van der Waals surface area contributed by atoms with Crippen LogP contribution < -0.4 is 0 Å². The van der Waals surface area contributed by atoms with Gasteiger partial charge in [0.1, 0.15) is 0 Å². The highest BCUT2D eigenvalue weighted by molar-refractivity contribution is 6.03. The van der Waals surface area contributed by atoms with Gasteiger partial charge in [-0.15, -0.1) is 0 Å². The maximum absolute atomic E-state index is 11.5. The minimum atomic E-state index is -1.18. The number of aromatic carboxylic acids is 2. The van der Waals surface area contributed by atoms with Crippen LogP contribution in [0.15, 0.2) is 12.1 Å². The van der Waals surface area contributed by atoms with Crippen LogP contribution in [0.5, 0.6) is 0 Å². The number of hydrogen-bond donors (Lipinski definition) is 5. The number of aliphatic hydroxyl groups is 3. The second kappa shape index (κ2) is 13.3. The van der Waals surface area contributed by atoms with Gasteiger partial charge in [0.15, 0.2) is 0 Å². The summed E-state index contributed by atoms with van der Waals surface area (Å²) in [6, 6.07) is 3.20. The van der Waals surface area contributed by atoms with Crippen molar-refractivity contribution in [1.82, 2.24) is 0 Å². The lowest BCUT2D eigenvalue weighted by Crippen LogP contribution is -2.29. The van der Waals surface area contributed by atoms with Gasteiger partial charge in [-0.3, -0.25) is 0 Å². The highest BCUT2D eigenvalue weighted by Crippen LogP contribution is 2.24. The average molecular weight is 398 g/mol. The summed E-state index contributed by atoms with van der Waals surface area (Å²) in [6.07, 6.45) is 5.24. The summed E-state index contributed by atoms with van der Waals surface area (Å²) in [4.78, 5) is 22.7. The minimum absolute atomic E-state index is 0.0282. The largest absolute Gasteiger partial charge is 0.478 e. The van der Waals surface area contributed by atoms with Gasteiger partial charge < -0.3 is 25.5 Å². The normalized spacial score (nSPS) is 10.9. The van der Waals surface area contributed by atoms with E-state index in [0.717, 1.165) is 37.7 Å². The molecule has 0 spiro atoms. The van der Waals surface area contributed by atoms with Crippen molar-refractivity contribution in [2.24, 2.45) is 5.41 Å². The summed E-state index contributed by atoms with van der Waals surface area (Å²) in [5, 5.41) is 43.9. The summed E-state index contributed by atoms with van der Waals surface area (Å²) >= 11 is 0. The van der Waals surface area contributed by atoms with Gasteiger partial charge in [0.25, 0.3) is 0 Å². The molecule has 0 amide bonds. The zero-order valence-corrected chi connectivity index (χ0v) is 17.1. The van der Waals surface area contributed by atoms with E-state index in [9.17, 15) is 14.7 Å². The molecule has 0 aromatic heterocycles. The molecule has 0 heterocycles. The standard InChI is InChI=1S/C16H22O4.C5H12O3/c1-3-5-7-11-9-10-13(15(17)18)14(16(19)20)12(11)8-6-4-2;1-5(2-6,3-7)4-8/h9-10H,3-8H2,1-2H3,(H,17,18)(H,19,20);6-8H,2-4H2,1H3. The van der Waals surface area contributed by atoms with Crippen molar-refractivity contribution in [2.75, 3.05) is 19.8 Å². The molecule has 7 nitrogen and oxygen atoms in total. The predicted molar refractivity (Wildman–Crippen MR) is 107 cm³/mol. The molecule has 5 N–H and O–H groups in total. The van der Waals surface area contributed by atoms with Crippen molar-refractivity contribution in [1.29, 1.82) is 0 Å². The molecule has 28 heavy (non-hydrogen) atoms. The van der Waals surface area contributed by atoms with Crippen LogP contribution in [0.1, 0.15) is 78.3 Å². The van der Waals surface area contributed by atoms with E-state index in [1.54, 1.807) is 13.0 Å². The van der Waals surface area contributed by atoms with Crippen molar-refractivity contribution < 1.29 is 35.1 Å². The summed E-state index contributed by atoms with van der Waals surface area (Å²) in [7, 11) is 0. The fourth-order valence-corrected chi connectivity index (χ4v) is 2.50. The second-order valence-electron chi connectivity index (χ2n) is 7.23. The molecule has 0 radical (unpaired) electrons. The Bertz CT molecular complexity index is 613. The van der Waals surface area contributed by atoms with Gasteiger partial charge in [-0.25, -0.2) is 9.59 Å². The molecule has 7 heteroatoms. The Morgan fingerprint density at radius 2 is 1.36 bits per heavy atom. The van der Waals surface area contributed by atoms with Gasteiger partial charge in [-0.1, -0.05) is 39.7 Å². The van der Waals surface area contributed by atoms with Crippen LogP contribution in [0.25, 0.3) is 0 Å². The lowest BCUT2D eigenvalue weighted by molar-refractivity contribution is 0.0200. The van der Waals surface area contributed by atoms with Crippen molar-refractivity contribution in [3.05, 3.63) is 34.4 Å². The number of unbranched alkanes of at least 4 members (excludes halogenated alkanes) is 2. The van der Waals surface area contributed by atoms with Crippen LogP contribution in [0.2, 0.25) is 0 Å². The molecule has 0 saturated carbocycles. The van der Waals surface area contributed by atoms with Crippen molar-refractivity contribution in [3.63, 3.8) is 0 Å². The zero-order valence-electron chi connectivity index (χ0n) is 17.1. The fraction of sp³-hybridized carbons (Fsp3) is 0.619. The van der Waals surface area contributed by atoms with Gasteiger partial charge in [-0.2, -0.15) is 0 Å². The van der Waals surface area contributed by atoms with Crippen LogP contribution in [-0.2, 0) is 12.8 Å². The molecular weight excluding hydrogens is 364 g/mol. The molecule has 160 valence electrons. The number of aryl methyl sites for hydroxylation is 1. The zero-order chi connectivity index (χ0) is 21.7. The number of benzene rings is 1. The second-order valence-corrected chi connectivity index (χ2v) is 7.23.